The zero-order valence-corrected chi connectivity index (χ0v) is 8.32. The molecule has 0 saturated heterocycles. The highest BCUT2D eigenvalue weighted by Crippen LogP contribution is 2.40. The van der Waals surface area contributed by atoms with E-state index in [-0.39, 0.29) is 11.5 Å². The lowest BCUT2D eigenvalue weighted by atomic mass is 9.77. The number of rotatable bonds is 1. The maximum absolute atomic E-state index is 10.8. The van der Waals surface area contributed by atoms with Crippen molar-refractivity contribution < 1.29 is 14.7 Å². The van der Waals surface area contributed by atoms with Crippen LogP contribution in [0.4, 0.5) is 0 Å². The smallest absolute Gasteiger partial charge is 0.306 e. The molecule has 0 aromatic rings. The molecule has 1 N–H and O–H groups in total. The maximum atomic E-state index is 10.8. The van der Waals surface area contributed by atoms with Crippen LogP contribution in [0.3, 0.4) is 0 Å². The van der Waals surface area contributed by atoms with Gasteiger partial charge in [0.1, 0.15) is 5.60 Å². The molecular weight excluding hydrogens is 182 g/mol. The second-order valence-corrected chi connectivity index (χ2v) is 4.39. The topological polar surface area (TPSA) is 58.9 Å². The molecule has 2 aliphatic rings. The van der Waals surface area contributed by atoms with Crippen molar-refractivity contribution in [3.05, 3.63) is 0 Å². The summed E-state index contributed by atoms with van der Waals surface area (Å²) in [7, 11) is 0. The SMILES string of the molecule is CC1=NOC2(CCC(C(=O)O)CC2)C1. The van der Waals surface area contributed by atoms with Crippen molar-refractivity contribution in [2.45, 2.75) is 44.6 Å². The molecule has 0 unspecified atom stereocenters. The van der Waals surface area contributed by atoms with Crippen LogP contribution < -0.4 is 0 Å². The van der Waals surface area contributed by atoms with E-state index in [1.165, 1.54) is 0 Å². The van der Waals surface area contributed by atoms with E-state index < -0.39 is 5.97 Å². The van der Waals surface area contributed by atoms with Crippen molar-refractivity contribution in [2.75, 3.05) is 0 Å². The fraction of sp³-hybridized carbons (Fsp3) is 0.800. The molecule has 1 fully saturated rings. The van der Waals surface area contributed by atoms with Gasteiger partial charge in [-0.3, -0.25) is 4.79 Å². The predicted molar refractivity (Wildman–Crippen MR) is 51.1 cm³/mol. The van der Waals surface area contributed by atoms with Gasteiger partial charge >= 0.3 is 5.97 Å². The fourth-order valence-corrected chi connectivity index (χ4v) is 2.36. The van der Waals surface area contributed by atoms with Crippen LogP contribution in [-0.4, -0.2) is 22.4 Å². The van der Waals surface area contributed by atoms with Gasteiger partial charge in [0, 0.05) is 6.42 Å². The number of oxime groups is 1. The van der Waals surface area contributed by atoms with E-state index in [9.17, 15) is 4.79 Å². The standard InChI is InChI=1S/C10H15NO3/c1-7-6-10(14-11-7)4-2-8(3-5-10)9(12)13/h8H,2-6H2,1H3,(H,12,13). The van der Waals surface area contributed by atoms with Gasteiger partial charge in [-0.1, -0.05) is 5.16 Å². The van der Waals surface area contributed by atoms with Gasteiger partial charge in [-0.15, -0.1) is 0 Å². The first-order chi connectivity index (χ1) is 6.61. The Bertz CT molecular complexity index is 277. The van der Waals surface area contributed by atoms with Gasteiger partial charge in [0.25, 0.3) is 0 Å². The molecular formula is C10H15NO3. The Morgan fingerprint density at radius 1 is 1.57 bits per heavy atom. The first-order valence-corrected chi connectivity index (χ1v) is 5.06. The van der Waals surface area contributed by atoms with Crippen LogP contribution in [0, 0.1) is 5.92 Å². The average Bonchev–Trinajstić information content (AvgIpc) is 2.48. The molecule has 0 amide bonds. The molecule has 78 valence electrons. The van der Waals surface area contributed by atoms with Crippen LogP contribution in [-0.2, 0) is 9.63 Å². The van der Waals surface area contributed by atoms with Crippen LogP contribution in [0.1, 0.15) is 39.0 Å². The van der Waals surface area contributed by atoms with E-state index in [0.717, 1.165) is 37.8 Å². The number of hydrogen-bond donors (Lipinski definition) is 1. The first kappa shape index (κ1) is 9.49. The van der Waals surface area contributed by atoms with E-state index in [1.807, 2.05) is 6.92 Å². The Balaban J connectivity index is 1.94. The van der Waals surface area contributed by atoms with Gasteiger partial charge in [0.15, 0.2) is 0 Å². The lowest BCUT2D eigenvalue weighted by Crippen LogP contribution is -2.36. The van der Waals surface area contributed by atoms with E-state index >= 15 is 0 Å². The molecule has 0 bridgehead atoms. The molecule has 0 aromatic carbocycles. The van der Waals surface area contributed by atoms with Crippen molar-refractivity contribution >= 4 is 11.7 Å². The number of carbonyl (C=O) groups is 1. The maximum Gasteiger partial charge on any atom is 0.306 e. The summed E-state index contributed by atoms with van der Waals surface area (Å²) in [5, 5.41) is 12.8. The Labute approximate surface area is 82.9 Å². The normalized spacial score (nSPS) is 36.6. The van der Waals surface area contributed by atoms with E-state index in [0.29, 0.717) is 0 Å². The van der Waals surface area contributed by atoms with E-state index in [1.54, 1.807) is 0 Å². The van der Waals surface area contributed by atoms with E-state index in [2.05, 4.69) is 5.16 Å². The van der Waals surface area contributed by atoms with Gasteiger partial charge in [-0.25, -0.2) is 0 Å². The number of carboxylic acid groups (broad SMARTS) is 1. The van der Waals surface area contributed by atoms with Gasteiger partial charge in [0.2, 0.25) is 0 Å². The van der Waals surface area contributed by atoms with Gasteiger partial charge in [-0.05, 0) is 32.6 Å². The Kier molecular flexibility index (Phi) is 2.21. The van der Waals surface area contributed by atoms with Gasteiger partial charge in [-0.2, -0.15) is 0 Å². The minimum absolute atomic E-state index is 0.157. The summed E-state index contributed by atoms with van der Waals surface area (Å²) in [6.45, 7) is 1.96. The second-order valence-electron chi connectivity index (χ2n) is 4.39. The molecule has 1 aliphatic carbocycles. The molecule has 1 saturated carbocycles. The summed E-state index contributed by atoms with van der Waals surface area (Å²) in [6.07, 6.45) is 3.96. The number of aliphatic carboxylic acids is 1. The predicted octanol–water partition coefficient (Wildman–Crippen LogP) is 1.80. The molecule has 14 heavy (non-hydrogen) atoms. The zero-order chi connectivity index (χ0) is 10.2. The molecule has 4 nitrogen and oxygen atoms in total. The Morgan fingerprint density at radius 3 is 2.64 bits per heavy atom. The Morgan fingerprint density at radius 2 is 2.21 bits per heavy atom. The third kappa shape index (κ3) is 1.61. The molecule has 0 atom stereocenters. The highest BCUT2D eigenvalue weighted by molar-refractivity contribution is 5.83. The third-order valence-corrected chi connectivity index (χ3v) is 3.22. The monoisotopic (exact) mass is 197 g/mol. The highest BCUT2D eigenvalue weighted by atomic mass is 16.7. The van der Waals surface area contributed by atoms with Crippen molar-refractivity contribution in [1.29, 1.82) is 0 Å². The van der Waals surface area contributed by atoms with Crippen LogP contribution in [0.5, 0.6) is 0 Å². The molecule has 0 aromatic heterocycles. The molecule has 0 radical (unpaired) electrons. The van der Waals surface area contributed by atoms with Crippen LogP contribution in [0.2, 0.25) is 0 Å². The van der Waals surface area contributed by atoms with Crippen molar-refractivity contribution in [3.8, 4) is 0 Å². The molecule has 1 aliphatic heterocycles. The van der Waals surface area contributed by atoms with Crippen molar-refractivity contribution in [3.63, 3.8) is 0 Å². The van der Waals surface area contributed by atoms with Crippen LogP contribution in [0.15, 0.2) is 5.16 Å². The van der Waals surface area contributed by atoms with Crippen LogP contribution in [0.25, 0.3) is 0 Å². The third-order valence-electron chi connectivity index (χ3n) is 3.22. The minimum Gasteiger partial charge on any atom is -0.481 e. The van der Waals surface area contributed by atoms with Gasteiger partial charge < -0.3 is 9.94 Å². The molecule has 1 spiro atoms. The molecule has 1 heterocycles. The summed E-state index contributed by atoms with van der Waals surface area (Å²) in [6, 6.07) is 0. The zero-order valence-electron chi connectivity index (χ0n) is 8.32. The summed E-state index contributed by atoms with van der Waals surface area (Å²) < 4.78 is 0. The number of hydrogen-bond acceptors (Lipinski definition) is 3. The number of nitrogens with zero attached hydrogens (tertiary/aromatic N) is 1. The lowest BCUT2D eigenvalue weighted by molar-refractivity contribution is -0.145. The van der Waals surface area contributed by atoms with Crippen molar-refractivity contribution in [1.82, 2.24) is 0 Å². The van der Waals surface area contributed by atoms with Crippen molar-refractivity contribution in [2.24, 2.45) is 11.1 Å². The molecule has 4 heteroatoms. The highest BCUT2D eigenvalue weighted by Gasteiger charge is 2.42. The largest absolute Gasteiger partial charge is 0.481 e. The number of carboxylic acids is 1. The molecule has 2 rings (SSSR count). The summed E-state index contributed by atoms with van der Waals surface area (Å²) in [4.78, 5) is 16.2. The van der Waals surface area contributed by atoms with Crippen LogP contribution >= 0.6 is 0 Å². The lowest BCUT2D eigenvalue weighted by Gasteiger charge is -2.33. The fourth-order valence-electron chi connectivity index (χ4n) is 2.36. The Hall–Kier alpha value is -1.06. The quantitative estimate of drug-likeness (QED) is 0.697. The summed E-state index contributed by atoms with van der Waals surface area (Å²) in [5.74, 6) is -0.847. The summed E-state index contributed by atoms with van der Waals surface area (Å²) >= 11 is 0. The van der Waals surface area contributed by atoms with Gasteiger partial charge in [0.05, 0.1) is 11.6 Å². The summed E-state index contributed by atoms with van der Waals surface area (Å²) in [5.41, 5.74) is 0.870. The first-order valence-electron chi connectivity index (χ1n) is 5.06. The minimum atomic E-state index is -0.671. The second kappa shape index (κ2) is 3.26. The average molecular weight is 197 g/mol. The van der Waals surface area contributed by atoms with E-state index in [4.69, 9.17) is 9.94 Å².